The van der Waals surface area contributed by atoms with Gasteiger partial charge in [-0.2, -0.15) is 4.31 Å². The molecule has 1 fully saturated rings. The van der Waals surface area contributed by atoms with Crippen LogP contribution in [0.5, 0.6) is 11.5 Å². The van der Waals surface area contributed by atoms with Gasteiger partial charge in [0.25, 0.3) is 5.69 Å². The maximum atomic E-state index is 12.9. The molecule has 0 aliphatic carbocycles. The van der Waals surface area contributed by atoms with Gasteiger partial charge in [0.15, 0.2) is 11.5 Å². The maximum absolute atomic E-state index is 12.9. The smallest absolute Gasteiger partial charge is 0.270 e. The van der Waals surface area contributed by atoms with Gasteiger partial charge in [-0.1, -0.05) is 6.07 Å². The third-order valence-electron chi connectivity index (χ3n) is 5.34. The number of carbonyl (C=O) groups excluding carboxylic acids is 1. The van der Waals surface area contributed by atoms with Crippen molar-refractivity contribution in [3.63, 3.8) is 0 Å². The first-order valence-electron chi connectivity index (χ1n) is 10.4. The van der Waals surface area contributed by atoms with Crippen LogP contribution in [-0.2, 0) is 14.8 Å². The van der Waals surface area contributed by atoms with Crippen LogP contribution in [0, 0.1) is 10.1 Å². The van der Waals surface area contributed by atoms with Gasteiger partial charge in [0.2, 0.25) is 15.9 Å². The molecule has 0 saturated carbocycles. The Hall–Kier alpha value is -2.83. The van der Waals surface area contributed by atoms with Crippen LogP contribution >= 0.6 is 11.8 Å². The van der Waals surface area contributed by atoms with Crippen molar-refractivity contribution < 1.29 is 27.6 Å². The van der Waals surface area contributed by atoms with E-state index in [4.69, 9.17) is 9.47 Å². The molecule has 4 rings (SSSR count). The van der Waals surface area contributed by atoms with E-state index in [0.717, 1.165) is 17.4 Å². The molecule has 0 aromatic heterocycles. The summed E-state index contributed by atoms with van der Waals surface area (Å²) in [6, 6.07) is 10.6. The Morgan fingerprint density at radius 2 is 1.76 bits per heavy atom. The van der Waals surface area contributed by atoms with Crippen molar-refractivity contribution in [3.8, 4) is 11.5 Å². The number of fused-ring (bicyclic) bond motifs is 1. The number of benzene rings is 2. The van der Waals surface area contributed by atoms with Crippen molar-refractivity contribution in [2.24, 2.45) is 0 Å². The molecule has 2 aliphatic heterocycles. The van der Waals surface area contributed by atoms with E-state index in [0.29, 0.717) is 24.7 Å². The van der Waals surface area contributed by atoms with Gasteiger partial charge in [-0.15, -0.1) is 11.8 Å². The van der Waals surface area contributed by atoms with Gasteiger partial charge in [-0.25, -0.2) is 8.42 Å². The molecule has 0 bridgehead atoms. The number of amides is 1. The number of rotatable bonds is 6. The lowest BCUT2D eigenvalue weighted by atomic mass is 10.3. The van der Waals surface area contributed by atoms with Gasteiger partial charge in [0, 0.05) is 49.6 Å². The number of non-ortho nitro benzene ring substituents is 1. The van der Waals surface area contributed by atoms with Gasteiger partial charge in [-0.05, 0) is 24.3 Å². The molecular weight excluding hydrogens is 470 g/mol. The van der Waals surface area contributed by atoms with Gasteiger partial charge in [-0.3, -0.25) is 14.9 Å². The fourth-order valence-corrected chi connectivity index (χ4v) is 5.84. The predicted molar refractivity (Wildman–Crippen MR) is 121 cm³/mol. The number of nitro benzene ring substituents is 1. The molecule has 0 atom stereocenters. The zero-order chi connectivity index (χ0) is 23.4. The van der Waals surface area contributed by atoms with E-state index in [-0.39, 0.29) is 48.4 Å². The molecule has 33 heavy (non-hydrogen) atoms. The SMILES string of the molecule is O=C(CSc1ccc2c(c1)OCCCO2)N1CCN(S(=O)(=O)c2cccc([N+](=O)[O-])c2)CC1. The molecule has 2 aromatic rings. The lowest BCUT2D eigenvalue weighted by Crippen LogP contribution is -2.50. The summed E-state index contributed by atoms with van der Waals surface area (Å²) >= 11 is 1.39. The number of nitrogens with zero attached hydrogens (tertiary/aromatic N) is 3. The summed E-state index contributed by atoms with van der Waals surface area (Å²) in [5.41, 5.74) is -0.281. The Kier molecular flexibility index (Phi) is 7.05. The first-order valence-corrected chi connectivity index (χ1v) is 12.8. The number of hydrogen-bond donors (Lipinski definition) is 0. The highest BCUT2D eigenvalue weighted by atomic mass is 32.2. The van der Waals surface area contributed by atoms with E-state index >= 15 is 0 Å². The number of sulfonamides is 1. The fraction of sp³-hybridized carbons (Fsp3) is 0.381. The van der Waals surface area contributed by atoms with E-state index < -0.39 is 14.9 Å². The summed E-state index contributed by atoms with van der Waals surface area (Å²) < 4.78 is 38.3. The molecular formula is C21H23N3O7S2. The van der Waals surface area contributed by atoms with Gasteiger partial charge < -0.3 is 14.4 Å². The Balaban J connectivity index is 1.32. The van der Waals surface area contributed by atoms with Gasteiger partial charge >= 0.3 is 0 Å². The topological polar surface area (TPSA) is 119 Å². The first-order chi connectivity index (χ1) is 15.8. The lowest BCUT2D eigenvalue weighted by Gasteiger charge is -2.34. The molecule has 12 heteroatoms. The predicted octanol–water partition coefficient (Wildman–Crippen LogP) is 2.38. The number of carbonyl (C=O) groups is 1. The standard InChI is InChI=1S/C21H23N3O7S2/c25-21(15-32-17-5-6-19-20(14-17)31-12-2-11-30-19)22-7-9-23(10-8-22)33(28,29)18-4-1-3-16(13-18)24(26)27/h1,3-6,13-14H,2,7-12,15H2. The quantitative estimate of drug-likeness (QED) is 0.342. The minimum atomic E-state index is -3.87. The first kappa shape index (κ1) is 23.3. The third-order valence-corrected chi connectivity index (χ3v) is 8.21. The van der Waals surface area contributed by atoms with Crippen molar-refractivity contribution in [2.45, 2.75) is 16.2 Å². The maximum Gasteiger partial charge on any atom is 0.270 e. The molecule has 2 aliphatic rings. The van der Waals surface area contributed by atoms with Gasteiger partial charge in [0.05, 0.1) is 28.8 Å². The van der Waals surface area contributed by atoms with Crippen molar-refractivity contribution in [1.82, 2.24) is 9.21 Å². The molecule has 2 aromatic carbocycles. The average Bonchev–Trinajstić information content (AvgIpc) is 3.07. The molecule has 2 heterocycles. The number of ether oxygens (including phenoxy) is 2. The van der Waals surface area contributed by atoms with Crippen molar-refractivity contribution in [3.05, 3.63) is 52.6 Å². The zero-order valence-corrected chi connectivity index (χ0v) is 19.3. The second-order valence-electron chi connectivity index (χ2n) is 7.49. The average molecular weight is 494 g/mol. The molecule has 176 valence electrons. The molecule has 0 radical (unpaired) electrons. The van der Waals surface area contributed by atoms with E-state index in [1.165, 1.54) is 34.3 Å². The van der Waals surface area contributed by atoms with E-state index in [9.17, 15) is 23.3 Å². The molecule has 10 nitrogen and oxygen atoms in total. The monoisotopic (exact) mass is 493 g/mol. The second kappa shape index (κ2) is 9.98. The van der Waals surface area contributed by atoms with E-state index in [1.807, 2.05) is 18.2 Å². The number of hydrogen-bond acceptors (Lipinski definition) is 8. The van der Waals surface area contributed by atoms with Crippen LogP contribution < -0.4 is 9.47 Å². The summed E-state index contributed by atoms with van der Waals surface area (Å²) in [4.78, 5) is 25.4. The van der Waals surface area contributed by atoms with Crippen molar-refractivity contribution >= 4 is 33.4 Å². The number of piperazine rings is 1. The van der Waals surface area contributed by atoms with E-state index in [1.54, 1.807) is 4.90 Å². The molecule has 1 amide bonds. The summed E-state index contributed by atoms with van der Waals surface area (Å²) in [5, 5.41) is 11.0. The summed E-state index contributed by atoms with van der Waals surface area (Å²) in [5.74, 6) is 1.51. The van der Waals surface area contributed by atoms with Gasteiger partial charge in [0.1, 0.15) is 0 Å². The third kappa shape index (κ3) is 5.40. The van der Waals surface area contributed by atoms with Crippen LogP contribution in [-0.4, -0.2) is 73.6 Å². The highest BCUT2D eigenvalue weighted by molar-refractivity contribution is 8.00. The number of thioether (sulfide) groups is 1. The van der Waals surface area contributed by atoms with Crippen LogP contribution in [0.4, 0.5) is 5.69 Å². The summed E-state index contributed by atoms with van der Waals surface area (Å²) in [7, 11) is -3.87. The Bertz CT molecular complexity index is 1150. The highest BCUT2D eigenvalue weighted by Crippen LogP contribution is 2.34. The van der Waals surface area contributed by atoms with Crippen LogP contribution in [0.1, 0.15) is 6.42 Å². The van der Waals surface area contributed by atoms with Crippen molar-refractivity contribution in [2.75, 3.05) is 45.1 Å². The summed E-state index contributed by atoms with van der Waals surface area (Å²) in [6.07, 6.45) is 0.818. The fourth-order valence-electron chi connectivity index (χ4n) is 3.55. The van der Waals surface area contributed by atoms with Crippen LogP contribution in [0.25, 0.3) is 0 Å². The molecule has 1 saturated heterocycles. The molecule has 0 unspecified atom stereocenters. The zero-order valence-electron chi connectivity index (χ0n) is 17.7. The van der Waals surface area contributed by atoms with Crippen LogP contribution in [0.15, 0.2) is 52.3 Å². The Morgan fingerprint density at radius 1 is 1.03 bits per heavy atom. The van der Waals surface area contributed by atoms with E-state index in [2.05, 4.69) is 0 Å². The highest BCUT2D eigenvalue weighted by Gasteiger charge is 2.31. The van der Waals surface area contributed by atoms with Crippen molar-refractivity contribution in [1.29, 1.82) is 0 Å². The Labute approximate surface area is 195 Å². The molecule has 0 N–H and O–H groups in total. The minimum Gasteiger partial charge on any atom is -0.490 e. The van der Waals surface area contributed by atoms with Crippen LogP contribution in [0.2, 0.25) is 0 Å². The normalized spacial score (nSPS) is 16.8. The molecule has 0 spiro atoms. The second-order valence-corrected chi connectivity index (χ2v) is 10.5. The lowest BCUT2D eigenvalue weighted by molar-refractivity contribution is -0.385. The van der Waals surface area contributed by atoms with Crippen LogP contribution in [0.3, 0.4) is 0 Å². The largest absolute Gasteiger partial charge is 0.490 e. The number of nitro groups is 1. The minimum absolute atomic E-state index is 0.0838. The Morgan fingerprint density at radius 3 is 2.48 bits per heavy atom. The summed E-state index contributed by atoms with van der Waals surface area (Å²) in [6.45, 7) is 1.98.